The monoisotopic (exact) mass is 270 g/mol. The number of anilines is 1. The zero-order chi connectivity index (χ0) is 13.5. The molecule has 3 unspecified atom stereocenters. The molecule has 2 bridgehead atoms. The van der Waals surface area contributed by atoms with E-state index in [2.05, 4.69) is 41.4 Å². The normalized spacial score (nSPS) is 35.4. The van der Waals surface area contributed by atoms with E-state index in [0.717, 1.165) is 18.0 Å². The van der Waals surface area contributed by atoms with Crippen LogP contribution in [-0.4, -0.2) is 24.7 Å². The number of nitrogens with one attached hydrogen (secondary N) is 1. The van der Waals surface area contributed by atoms with Crippen molar-refractivity contribution in [1.82, 2.24) is 5.32 Å². The van der Waals surface area contributed by atoms with E-state index in [1.807, 2.05) is 0 Å². The molecule has 3 atom stereocenters. The highest BCUT2D eigenvalue weighted by Gasteiger charge is 2.34. The van der Waals surface area contributed by atoms with E-state index >= 15 is 0 Å². The first-order valence-corrected chi connectivity index (χ1v) is 8.40. The Hall–Kier alpha value is -1.02. The van der Waals surface area contributed by atoms with Crippen LogP contribution in [0.2, 0.25) is 0 Å². The summed E-state index contributed by atoms with van der Waals surface area (Å²) in [5.41, 5.74) is 3.04. The lowest BCUT2D eigenvalue weighted by Crippen LogP contribution is -2.39. The molecule has 2 fully saturated rings. The molecule has 0 amide bonds. The largest absolute Gasteiger partial charge is 0.368 e. The van der Waals surface area contributed by atoms with Gasteiger partial charge < -0.3 is 10.2 Å². The van der Waals surface area contributed by atoms with Crippen molar-refractivity contribution in [2.24, 2.45) is 5.92 Å². The summed E-state index contributed by atoms with van der Waals surface area (Å²) in [6.45, 7) is 3.63. The van der Waals surface area contributed by atoms with Crippen molar-refractivity contribution in [3.05, 3.63) is 29.8 Å². The average Bonchev–Trinajstić information content (AvgIpc) is 2.96. The number of nitrogens with zero attached hydrogens (tertiary/aromatic N) is 1. The highest BCUT2D eigenvalue weighted by atomic mass is 15.2. The maximum Gasteiger partial charge on any atom is 0.0402 e. The molecule has 0 aromatic heterocycles. The van der Waals surface area contributed by atoms with Gasteiger partial charge in [0, 0.05) is 30.4 Å². The highest BCUT2D eigenvalue weighted by Crippen LogP contribution is 2.35. The summed E-state index contributed by atoms with van der Waals surface area (Å²) in [5.74, 6) is 0.953. The molecule has 3 aliphatic heterocycles. The lowest BCUT2D eigenvalue weighted by atomic mass is 9.89. The summed E-state index contributed by atoms with van der Waals surface area (Å²) in [6, 6.07) is 11.3. The molecule has 3 aliphatic rings. The smallest absolute Gasteiger partial charge is 0.0402 e. The molecule has 0 aliphatic carbocycles. The van der Waals surface area contributed by atoms with Crippen LogP contribution in [0, 0.1) is 5.92 Å². The summed E-state index contributed by atoms with van der Waals surface area (Å²) in [4.78, 5) is 2.65. The second-order valence-corrected chi connectivity index (χ2v) is 7.14. The van der Waals surface area contributed by atoms with Crippen molar-refractivity contribution in [3.63, 3.8) is 0 Å². The van der Waals surface area contributed by atoms with Crippen LogP contribution >= 0.6 is 0 Å². The Balaban J connectivity index is 1.40. The van der Waals surface area contributed by atoms with E-state index in [0.29, 0.717) is 6.04 Å². The zero-order valence-electron chi connectivity index (χ0n) is 12.5. The summed E-state index contributed by atoms with van der Waals surface area (Å²) in [5, 5.41) is 3.76. The number of rotatable bonds is 3. The fourth-order valence-electron chi connectivity index (χ4n) is 4.70. The molecule has 2 saturated heterocycles. The fraction of sp³-hybridized carbons (Fsp3) is 0.667. The Morgan fingerprint density at radius 2 is 1.90 bits per heavy atom. The Kier molecular flexibility index (Phi) is 3.22. The number of hydrogen-bond donors (Lipinski definition) is 1. The van der Waals surface area contributed by atoms with Gasteiger partial charge in [0.05, 0.1) is 0 Å². The highest BCUT2D eigenvalue weighted by molar-refractivity contribution is 5.59. The van der Waals surface area contributed by atoms with Crippen LogP contribution in [0.4, 0.5) is 5.69 Å². The molecular weight excluding hydrogens is 244 g/mol. The van der Waals surface area contributed by atoms with Gasteiger partial charge in [-0.1, -0.05) is 18.2 Å². The number of piperidine rings is 1. The molecule has 0 radical (unpaired) electrons. The average molecular weight is 270 g/mol. The Labute approximate surface area is 122 Å². The van der Waals surface area contributed by atoms with Crippen LogP contribution in [-0.2, 0) is 6.42 Å². The molecule has 2 heteroatoms. The van der Waals surface area contributed by atoms with Crippen molar-refractivity contribution in [2.75, 3.05) is 11.4 Å². The van der Waals surface area contributed by atoms with Crippen molar-refractivity contribution in [1.29, 1.82) is 0 Å². The number of fused-ring (bicyclic) bond motifs is 3. The van der Waals surface area contributed by atoms with Gasteiger partial charge in [0.2, 0.25) is 0 Å². The predicted octanol–water partition coefficient (Wildman–Crippen LogP) is 3.36. The van der Waals surface area contributed by atoms with Crippen LogP contribution in [0.15, 0.2) is 24.3 Å². The molecule has 20 heavy (non-hydrogen) atoms. The third-order valence-electron chi connectivity index (χ3n) is 5.70. The third-order valence-corrected chi connectivity index (χ3v) is 5.70. The van der Waals surface area contributed by atoms with E-state index < -0.39 is 0 Å². The maximum atomic E-state index is 3.76. The van der Waals surface area contributed by atoms with Gasteiger partial charge in [0.25, 0.3) is 0 Å². The van der Waals surface area contributed by atoms with E-state index in [1.165, 1.54) is 50.8 Å². The third kappa shape index (κ3) is 2.24. The lowest BCUT2D eigenvalue weighted by molar-refractivity contribution is 0.286. The van der Waals surface area contributed by atoms with Crippen molar-refractivity contribution in [3.8, 4) is 0 Å². The van der Waals surface area contributed by atoms with Gasteiger partial charge in [-0.2, -0.15) is 0 Å². The molecule has 0 saturated carbocycles. The van der Waals surface area contributed by atoms with Gasteiger partial charge in [-0.3, -0.25) is 0 Å². The van der Waals surface area contributed by atoms with Crippen LogP contribution in [0.5, 0.6) is 0 Å². The van der Waals surface area contributed by atoms with Crippen molar-refractivity contribution >= 4 is 5.69 Å². The van der Waals surface area contributed by atoms with Crippen LogP contribution in [0.3, 0.4) is 0 Å². The van der Waals surface area contributed by atoms with Crippen LogP contribution in [0.25, 0.3) is 0 Å². The molecule has 1 N–H and O–H groups in total. The Morgan fingerprint density at radius 3 is 2.70 bits per heavy atom. The second-order valence-electron chi connectivity index (χ2n) is 7.14. The van der Waals surface area contributed by atoms with Gasteiger partial charge in [-0.05, 0) is 63.0 Å². The van der Waals surface area contributed by atoms with Gasteiger partial charge in [0.15, 0.2) is 0 Å². The summed E-state index contributed by atoms with van der Waals surface area (Å²) in [6.07, 6.45) is 8.29. The standard InChI is InChI=1S/C18H26N2/c1-13-10-15-4-2-3-5-18(15)20(13)9-8-14-11-16-6-7-17(12-14)19-16/h2-5,13-14,16-17,19H,6-12H2,1H3. The molecule has 0 spiro atoms. The molecular formula is C18H26N2. The Morgan fingerprint density at radius 1 is 1.15 bits per heavy atom. The fourth-order valence-corrected chi connectivity index (χ4v) is 4.70. The molecule has 108 valence electrons. The SMILES string of the molecule is CC1Cc2ccccc2N1CCC1CC2CCC(C1)N2. The summed E-state index contributed by atoms with van der Waals surface area (Å²) >= 11 is 0. The topological polar surface area (TPSA) is 15.3 Å². The van der Waals surface area contributed by atoms with Gasteiger partial charge in [-0.25, -0.2) is 0 Å². The summed E-state index contributed by atoms with van der Waals surface area (Å²) in [7, 11) is 0. The molecule has 1 aromatic carbocycles. The summed E-state index contributed by atoms with van der Waals surface area (Å²) < 4.78 is 0. The quantitative estimate of drug-likeness (QED) is 0.906. The first-order valence-electron chi connectivity index (χ1n) is 8.40. The van der Waals surface area contributed by atoms with E-state index in [-0.39, 0.29) is 0 Å². The minimum atomic E-state index is 0.686. The zero-order valence-corrected chi connectivity index (χ0v) is 12.5. The van der Waals surface area contributed by atoms with Gasteiger partial charge in [-0.15, -0.1) is 0 Å². The number of benzene rings is 1. The van der Waals surface area contributed by atoms with E-state index in [4.69, 9.17) is 0 Å². The minimum absolute atomic E-state index is 0.686. The van der Waals surface area contributed by atoms with E-state index in [1.54, 1.807) is 5.56 Å². The first-order chi connectivity index (χ1) is 9.79. The van der Waals surface area contributed by atoms with Crippen molar-refractivity contribution in [2.45, 2.75) is 63.6 Å². The predicted molar refractivity (Wildman–Crippen MR) is 84.2 cm³/mol. The number of para-hydroxylation sites is 1. The van der Waals surface area contributed by atoms with Crippen LogP contribution in [0.1, 0.15) is 44.6 Å². The van der Waals surface area contributed by atoms with E-state index in [9.17, 15) is 0 Å². The number of hydrogen-bond acceptors (Lipinski definition) is 2. The first kappa shape index (κ1) is 12.7. The molecule has 3 heterocycles. The van der Waals surface area contributed by atoms with Crippen molar-refractivity contribution < 1.29 is 0 Å². The van der Waals surface area contributed by atoms with Gasteiger partial charge in [0.1, 0.15) is 0 Å². The molecule has 1 aromatic rings. The van der Waals surface area contributed by atoms with Crippen LogP contribution < -0.4 is 10.2 Å². The lowest BCUT2D eigenvalue weighted by Gasteiger charge is -2.32. The Bertz CT molecular complexity index is 472. The molecule has 2 nitrogen and oxygen atoms in total. The maximum absolute atomic E-state index is 3.76. The molecule has 4 rings (SSSR count). The minimum Gasteiger partial charge on any atom is -0.368 e. The van der Waals surface area contributed by atoms with Gasteiger partial charge >= 0.3 is 0 Å². The second kappa shape index (κ2) is 5.07.